The molecule has 1 aliphatic rings. The molecule has 0 bridgehead atoms. The van der Waals surface area contributed by atoms with Crippen LogP contribution in [0.15, 0.2) is 0 Å². The lowest BCUT2D eigenvalue weighted by Crippen LogP contribution is -2.37. The van der Waals surface area contributed by atoms with E-state index >= 15 is 0 Å². The number of carbonyl (C=O) groups excluding carboxylic acids is 1. The van der Waals surface area contributed by atoms with Crippen molar-refractivity contribution in [1.82, 2.24) is 15.1 Å². The van der Waals surface area contributed by atoms with Gasteiger partial charge in [0.2, 0.25) is 5.91 Å². The van der Waals surface area contributed by atoms with Crippen LogP contribution in [0.5, 0.6) is 0 Å². The minimum Gasteiger partial charge on any atom is -0.396 e. The van der Waals surface area contributed by atoms with Gasteiger partial charge < -0.3 is 10.4 Å². The molecule has 0 saturated carbocycles. The number of hydrogen-bond donors (Lipinski definition) is 3. The molecule has 1 amide bonds. The number of amides is 1. The summed E-state index contributed by atoms with van der Waals surface area (Å²) < 4.78 is 0. The SMILES string of the molecule is Cc1n[nH]c(C)c1NC(=O)CN1CCCC1CCCO. The number of aryl methyl sites for hydroxylation is 2. The van der Waals surface area contributed by atoms with Crippen molar-refractivity contribution in [3.05, 3.63) is 11.4 Å². The van der Waals surface area contributed by atoms with Gasteiger partial charge in [0, 0.05) is 12.6 Å². The summed E-state index contributed by atoms with van der Waals surface area (Å²) in [6, 6.07) is 0.430. The molecular weight excluding hydrogens is 256 g/mol. The normalized spacial score (nSPS) is 19.4. The molecule has 0 aliphatic carbocycles. The Labute approximate surface area is 119 Å². The Morgan fingerprint density at radius 3 is 3.00 bits per heavy atom. The number of aliphatic hydroxyl groups is 1. The van der Waals surface area contributed by atoms with Gasteiger partial charge in [-0.2, -0.15) is 5.10 Å². The predicted molar refractivity (Wildman–Crippen MR) is 77.6 cm³/mol. The van der Waals surface area contributed by atoms with Crippen molar-refractivity contribution in [2.24, 2.45) is 0 Å². The molecule has 1 aromatic heterocycles. The first-order valence-corrected chi connectivity index (χ1v) is 7.28. The molecule has 6 nitrogen and oxygen atoms in total. The molecule has 20 heavy (non-hydrogen) atoms. The summed E-state index contributed by atoms with van der Waals surface area (Å²) in [5.41, 5.74) is 2.49. The minimum atomic E-state index is 0.00787. The lowest BCUT2D eigenvalue weighted by molar-refractivity contribution is -0.117. The Hall–Kier alpha value is -1.40. The molecule has 2 rings (SSSR count). The van der Waals surface area contributed by atoms with Gasteiger partial charge in [-0.05, 0) is 46.1 Å². The zero-order valence-corrected chi connectivity index (χ0v) is 12.3. The number of nitrogens with zero attached hydrogens (tertiary/aromatic N) is 2. The molecule has 2 heterocycles. The molecule has 6 heteroatoms. The number of rotatable bonds is 6. The quantitative estimate of drug-likeness (QED) is 0.731. The highest BCUT2D eigenvalue weighted by atomic mass is 16.3. The van der Waals surface area contributed by atoms with Crippen LogP contribution in [0.4, 0.5) is 5.69 Å². The molecule has 112 valence electrons. The van der Waals surface area contributed by atoms with Crippen LogP contribution in [0.25, 0.3) is 0 Å². The lowest BCUT2D eigenvalue weighted by atomic mass is 10.1. The fourth-order valence-corrected chi connectivity index (χ4v) is 2.86. The van der Waals surface area contributed by atoms with Crippen molar-refractivity contribution >= 4 is 11.6 Å². The highest BCUT2D eigenvalue weighted by Crippen LogP contribution is 2.21. The van der Waals surface area contributed by atoms with Gasteiger partial charge in [-0.25, -0.2) is 0 Å². The summed E-state index contributed by atoms with van der Waals surface area (Å²) in [4.78, 5) is 14.4. The van der Waals surface area contributed by atoms with Gasteiger partial charge in [-0.3, -0.25) is 14.8 Å². The van der Waals surface area contributed by atoms with Crippen molar-refractivity contribution in [1.29, 1.82) is 0 Å². The monoisotopic (exact) mass is 280 g/mol. The van der Waals surface area contributed by atoms with E-state index in [1.165, 1.54) is 0 Å². The van der Waals surface area contributed by atoms with Crippen LogP contribution in [0, 0.1) is 13.8 Å². The molecule has 1 aromatic rings. The van der Waals surface area contributed by atoms with Crippen molar-refractivity contribution in [3.63, 3.8) is 0 Å². The van der Waals surface area contributed by atoms with Gasteiger partial charge in [0.25, 0.3) is 0 Å². The van der Waals surface area contributed by atoms with E-state index in [0.717, 1.165) is 49.3 Å². The number of carbonyl (C=O) groups is 1. The second-order valence-corrected chi connectivity index (χ2v) is 5.49. The third kappa shape index (κ3) is 3.58. The highest BCUT2D eigenvalue weighted by Gasteiger charge is 2.26. The molecule has 1 saturated heterocycles. The van der Waals surface area contributed by atoms with E-state index in [9.17, 15) is 4.79 Å². The summed E-state index contributed by atoms with van der Waals surface area (Å²) in [6.07, 6.45) is 4.03. The number of hydrogen-bond acceptors (Lipinski definition) is 4. The Kier molecular flexibility index (Phi) is 5.14. The van der Waals surface area contributed by atoms with Gasteiger partial charge in [-0.15, -0.1) is 0 Å². The molecule has 0 spiro atoms. The van der Waals surface area contributed by atoms with E-state index in [-0.39, 0.29) is 12.5 Å². The van der Waals surface area contributed by atoms with Crippen molar-refractivity contribution in [2.75, 3.05) is 25.0 Å². The van der Waals surface area contributed by atoms with Crippen LogP contribution in [-0.4, -0.2) is 51.8 Å². The van der Waals surface area contributed by atoms with Crippen LogP contribution >= 0.6 is 0 Å². The number of aromatic amines is 1. The van der Waals surface area contributed by atoms with Gasteiger partial charge in [0.15, 0.2) is 0 Å². The predicted octanol–water partition coefficient (Wildman–Crippen LogP) is 1.20. The number of aromatic nitrogens is 2. The first kappa shape index (κ1) is 15.0. The molecule has 0 aromatic carbocycles. The second-order valence-electron chi connectivity index (χ2n) is 5.49. The Morgan fingerprint density at radius 2 is 2.35 bits per heavy atom. The number of aliphatic hydroxyl groups excluding tert-OH is 1. The smallest absolute Gasteiger partial charge is 0.238 e. The lowest BCUT2D eigenvalue weighted by Gasteiger charge is -2.23. The van der Waals surface area contributed by atoms with Crippen molar-refractivity contribution in [2.45, 2.75) is 45.6 Å². The van der Waals surface area contributed by atoms with Gasteiger partial charge in [-0.1, -0.05) is 0 Å². The molecular formula is C14H24N4O2. The maximum absolute atomic E-state index is 12.1. The third-order valence-corrected chi connectivity index (χ3v) is 3.93. The van der Waals surface area contributed by atoms with E-state index in [2.05, 4.69) is 20.4 Å². The second kappa shape index (κ2) is 6.85. The zero-order valence-electron chi connectivity index (χ0n) is 12.3. The van der Waals surface area contributed by atoms with Crippen LogP contribution in [0.3, 0.4) is 0 Å². The first-order valence-electron chi connectivity index (χ1n) is 7.28. The van der Waals surface area contributed by atoms with E-state index in [4.69, 9.17) is 5.11 Å². The van der Waals surface area contributed by atoms with Crippen molar-refractivity contribution < 1.29 is 9.90 Å². The van der Waals surface area contributed by atoms with Crippen molar-refractivity contribution in [3.8, 4) is 0 Å². The van der Waals surface area contributed by atoms with Gasteiger partial charge >= 0.3 is 0 Å². The maximum atomic E-state index is 12.1. The van der Waals surface area contributed by atoms with Gasteiger partial charge in [0.05, 0.1) is 23.6 Å². The fraction of sp³-hybridized carbons (Fsp3) is 0.714. The zero-order chi connectivity index (χ0) is 14.5. The summed E-state index contributed by atoms with van der Waals surface area (Å²) in [5.74, 6) is 0.00787. The van der Waals surface area contributed by atoms with Gasteiger partial charge in [0.1, 0.15) is 0 Å². The molecule has 1 aliphatic heterocycles. The molecule has 3 N–H and O–H groups in total. The summed E-state index contributed by atoms with van der Waals surface area (Å²) >= 11 is 0. The molecule has 0 radical (unpaired) electrons. The van der Waals surface area contributed by atoms with E-state index in [0.29, 0.717) is 12.6 Å². The third-order valence-electron chi connectivity index (χ3n) is 3.93. The number of nitrogens with one attached hydrogen (secondary N) is 2. The fourth-order valence-electron chi connectivity index (χ4n) is 2.86. The Morgan fingerprint density at radius 1 is 1.55 bits per heavy atom. The summed E-state index contributed by atoms with van der Waals surface area (Å²) in [6.45, 7) is 5.38. The average Bonchev–Trinajstić information content (AvgIpc) is 2.98. The molecule has 1 unspecified atom stereocenters. The number of anilines is 1. The highest BCUT2D eigenvalue weighted by molar-refractivity contribution is 5.93. The van der Waals surface area contributed by atoms with Crippen LogP contribution in [-0.2, 0) is 4.79 Å². The summed E-state index contributed by atoms with van der Waals surface area (Å²) in [5, 5.41) is 18.8. The number of likely N-dealkylation sites (tertiary alicyclic amines) is 1. The topological polar surface area (TPSA) is 81.2 Å². The molecule has 1 fully saturated rings. The van der Waals surface area contributed by atoms with Crippen LogP contribution in [0.2, 0.25) is 0 Å². The average molecular weight is 280 g/mol. The largest absolute Gasteiger partial charge is 0.396 e. The minimum absolute atomic E-state index is 0.00787. The van der Waals surface area contributed by atoms with E-state index in [1.54, 1.807) is 0 Å². The van der Waals surface area contributed by atoms with E-state index in [1.807, 2.05) is 13.8 Å². The van der Waals surface area contributed by atoms with Crippen LogP contribution < -0.4 is 5.32 Å². The Balaban J connectivity index is 1.88. The summed E-state index contributed by atoms with van der Waals surface area (Å²) in [7, 11) is 0. The standard InChI is InChI=1S/C14H24N4O2/c1-10-14(11(2)17-16-10)15-13(20)9-18-7-3-5-12(18)6-4-8-19/h12,19H,3-9H2,1-2H3,(H,15,20)(H,16,17). The van der Waals surface area contributed by atoms with E-state index < -0.39 is 0 Å². The Bertz CT molecular complexity index is 439. The first-order chi connectivity index (χ1) is 9.61. The molecule has 1 atom stereocenters. The maximum Gasteiger partial charge on any atom is 0.238 e. The van der Waals surface area contributed by atoms with Crippen LogP contribution in [0.1, 0.15) is 37.1 Å². The number of H-pyrrole nitrogens is 1.